The first kappa shape index (κ1) is 19.2. The summed E-state index contributed by atoms with van der Waals surface area (Å²) in [4.78, 5) is 12.6. The Bertz CT molecular complexity index is 993. The summed E-state index contributed by atoms with van der Waals surface area (Å²) in [7, 11) is 1.88. The summed E-state index contributed by atoms with van der Waals surface area (Å²) in [5.74, 6) is 0.546. The molecule has 29 heavy (non-hydrogen) atoms. The number of nitrogens with one attached hydrogen (secondary N) is 2. The number of carbonyl (C=O) groups is 1. The van der Waals surface area contributed by atoms with E-state index in [2.05, 4.69) is 40.9 Å². The number of fused-ring (bicyclic) bond motifs is 1. The van der Waals surface area contributed by atoms with Crippen LogP contribution in [0.4, 0.5) is 10.6 Å². The van der Waals surface area contributed by atoms with Gasteiger partial charge in [0.2, 0.25) is 0 Å². The third-order valence-corrected chi connectivity index (χ3v) is 5.68. The van der Waals surface area contributed by atoms with Gasteiger partial charge in [0, 0.05) is 13.1 Å². The van der Waals surface area contributed by atoms with Gasteiger partial charge in [0.25, 0.3) is 0 Å². The standard InChI is InChI=1S/C24H28N4O/c1-3-21(20-14-13-17-9-7-8-12-19(17)15-20)25-24(29)26-23-16-22(28(2)27-23)18-10-5-4-6-11-18/h4-6,10-11,13-16,21H,3,7-9,12H2,1-2H3,(H2,25,26,27,29). The third-order valence-electron chi connectivity index (χ3n) is 5.68. The monoisotopic (exact) mass is 388 g/mol. The lowest BCUT2D eigenvalue weighted by Crippen LogP contribution is -2.32. The zero-order chi connectivity index (χ0) is 20.2. The van der Waals surface area contributed by atoms with E-state index >= 15 is 0 Å². The van der Waals surface area contributed by atoms with Crippen molar-refractivity contribution < 1.29 is 4.79 Å². The summed E-state index contributed by atoms with van der Waals surface area (Å²) in [6.07, 6.45) is 5.68. The van der Waals surface area contributed by atoms with E-state index in [0.29, 0.717) is 5.82 Å². The molecule has 150 valence electrons. The molecule has 1 aliphatic carbocycles. The van der Waals surface area contributed by atoms with Crippen LogP contribution in [0.2, 0.25) is 0 Å². The van der Waals surface area contributed by atoms with Crippen LogP contribution >= 0.6 is 0 Å². The Balaban J connectivity index is 1.45. The average Bonchev–Trinajstić information content (AvgIpc) is 3.12. The Morgan fingerprint density at radius 1 is 1.07 bits per heavy atom. The number of aryl methyl sites for hydroxylation is 3. The van der Waals surface area contributed by atoms with Gasteiger partial charge in [-0.3, -0.25) is 10.00 Å². The zero-order valence-electron chi connectivity index (χ0n) is 17.1. The Labute approximate surface area is 172 Å². The van der Waals surface area contributed by atoms with Crippen LogP contribution in [0.5, 0.6) is 0 Å². The van der Waals surface area contributed by atoms with Crippen LogP contribution in [0, 0.1) is 0 Å². The Hall–Kier alpha value is -3.08. The van der Waals surface area contributed by atoms with Crippen molar-refractivity contribution >= 4 is 11.8 Å². The molecule has 2 aromatic carbocycles. The molecule has 0 saturated heterocycles. The Kier molecular flexibility index (Phi) is 5.65. The number of hydrogen-bond acceptors (Lipinski definition) is 2. The van der Waals surface area contributed by atoms with Gasteiger partial charge in [-0.05, 0) is 54.4 Å². The zero-order valence-corrected chi connectivity index (χ0v) is 17.1. The Morgan fingerprint density at radius 3 is 2.59 bits per heavy atom. The molecule has 1 aromatic heterocycles. The normalized spacial score (nSPS) is 14.1. The first-order valence-electron chi connectivity index (χ1n) is 10.4. The number of amides is 2. The van der Waals surface area contributed by atoms with Gasteiger partial charge < -0.3 is 5.32 Å². The van der Waals surface area contributed by atoms with Crippen LogP contribution in [0.15, 0.2) is 54.6 Å². The van der Waals surface area contributed by atoms with Gasteiger partial charge in [-0.15, -0.1) is 0 Å². The van der Waals surface area contributed by atoms with E-state index in [1.807, 2.05) is 43.4 Å². The summed E-state index contributed by atoms with van der Waals surface area (Å²) >= 11 is 0. The molecule has 0 bridgehead atoms. The number of hydrogen-bond donors (Lipinski definition) is 2. The molecule has 5 nitrogen and oxygen atoms in total. The lowest BCUT2D eigenvalue weighted by atomic mass is 9.89. The number of nitrogens with zero attached hydrogens (tertiary/aromatic N) is 2. The van der Waals surface area contributed by atoms with Crippen LogP contribution in [0.25, 0.3) is 11.3 Å². The number of carbonyl (C=O) groups excluding carboxylic acids is 1. The fraction of sp³-hybridized carbons (Fsp3) is 0.333. The summed E-state index contributed by atoms with van der Waals surface area (Å²) in [6.45, 7) is 2.10. The van der Waals surface area contributed by atoms with Gasteiger partial charge in [-0.1, -0.05) is 55.5 Å². The molecule has 0 fully saturated rings. The first-order valence-corrected chi connectivity index (χ1v) is 10.4. The minimum absolute atomic E-state index is 0.0143. The highest BCUT2D eigenvalue weighted by Crippen LogP contribution is 2.26. The molecule has 0 aliphatic heterocycles. The molecule has 0 radical (unpaired) electrons. The second-order valence-electron chi connectivity index (χ2n) is 7.70. The number of urea groups is 1. The summed E-state index contributed by atoms with van der Waals surface area (Å²) in [5, 5.41) is 10.4. The van der Waals surface area contributed by atoms with Gasteiger partial charge in [-0.2, -0.15) is 5.10 Å². The quantitative estimate of drug-likeness (QED) is 0.628. The summed E-state index contributed by atoms with van der Waals surface area (Å²) < 4.78 is 1.78. The Morgan fingerprint density at radius 2 is 1.83 bits per heavy atom. The molecule has 1 heterocycles. The molecule has 5 heteroatoms. The number of aromatic nitrogens is 2. The maximum absolute atomic E-state index is 12.6. The molecule has 1 aliphatic rings. The van der Waals surface area contributed by atoms with Crippen molar-refractivity contribution in [3.63, 3.8) is 0 Å². The minimum Gasteiger partial charge on any atom is -0.331 e. The number of rotatable bonds is 5. The van der Waals surface area contributed by atoms with E-state index < -0.39 is 0 Å². The van der Waals surface area contributed by atoms with Crippen molar-refractivity contribution in [3.05, 3.63) is 71.3 Å². The molecular weight excluding hydrogens is 360 g/mol. The first-order chi connectivity index (χ1) is 14.1. The van der Waals surface area contributed by atoms with Gasteiger partial charge in [0.1, 0.15) is 0 Å². The second-order valence-corrected chi connectivity index (χ2v) is 7.70. The van der Waals surface area contributed by atoms with Crippen LogP contribution in [0.1, 0.15) is 48.9 Å². The molecule has 1 unspecified atom stereocenters. The van der Waals surface area contributed by atoms with Gasteiger partial charge in [0.05, 0.1) is 11.7 Å². The van der Waals surface area contributed by atoms with E-state index in [9.17, 15) is 4.79 Å². The van der Waals surface area contributed by atoms with Crippen LogP contribution < -0.4 is 10.6 Å². The highest BCUT2D eigenvalue weighted by Gasteiger charge is 2.17. The summed E-state index contributed by atoms with van der Waals surface area (Å²) in [6, 6.07) is 18.4. The summed E-state index contributed by atoms with van der Waals surface area (Å²) in [5.41, 5.74) is 6.10. The molecule has 0 spiro atoms. The molecule has 3 aromatic rings. The molecule has 2 N–H and O–H groups in total. The molecule has 0 saturated carbocycles. The third kappa shape index (κ3) is 4.34. The van der Waals surface area contributed by atoms with Crippen LogP contribution in [-0.2, 0) is 19.9 Å². The lowest BCUT2D eigenvalue weighted by Gasteiger charge is -2.21. The van der Waals surface area contributed by atoms with Gasteiger partial charge >= 0.3 is 6.03 Å². The highest BCUT2D eigenvalue weighted by molar-refractivity contribution is 5.89. The van der Waals surface area contributed by atoms with E-state index in [1.165, 1.54) is 36.0 Å². The van der Waals surface area contributed by atoms with Crippen LogP contribution in [-0.4, -0.2) is 15.8 Å². The van der Waals surface area contributed by atoms with Crippen molar-refractivity contribution in [2.75, 3.05) is 5.32 Å². The minimum atomic E-state index is -0.229. The second kappa shape index (κ2) is 8.52. The highest BCUT2D eigenvalue weighted by atomic mass is 16.2. The maximum atomic E-state index is 12.6. The van der Waals surface area contributed by atoms with Crippen molar-refractivity contribution in [1.82, 2.24) is 15.1 Å². The van der Waals surface area contributed by atoms with Crippen LogP contribution in [0.3, 0.4) is 0 Å². The molecular formula is C24H28N4O. The topological polar surface area (TPSA) is 59.0 Å². The van der Waals surface area contributed by atoms with Crippen molar-refractivity contribution in [1.29, 1.82) is 0 Å². The van der Waals surface area contributed by atoms with Crippen molar-refractivity contribution in [2.24, 2.45) is 7.05 Å². The fourth-order valence-electron chi connectivity index (χ4n) is 4.11. The van der Waals surface area contributed by atoms with Crippen molar-refractivity contribution in [3.8, 4) is 11.3 Å². The van der Waals surface area contributed by atoms with E-state index in [1.54, 1.807) is 4.68 Å². The SMILES string of the molecule is CCC(NC(=O)Nc1cc(-c2ccccc2)n(C)n1)c1ccc2c(c1)CCCC2. The van der Waals surface area contributed by atoms with E-state index in [4.69, 9.17) is 0 Å². The fourth-order valence-corrected chi connectivity index (χ4v) is 4.11. The van der Waals surface area contributed by atoms with Gasteiger partial charge in [0.15, 0.2) is 5.82 Å². The number of anilines is 1. The van der Waals surface area contributed by atoms with Gasteiger partial charge in [-0.25, -0.2) is 4.79 Å². The molecule has 1 atom stereocenters. The smallest absolute Gasteiger partial charge is 0.320 e. The van der Waals surface area contributed by atoms with E-state index in [-0.39, 0.29) is 12.1 Å². The predicted molar refractivity (Wildman–Crippen MR) is 117 cm³/mol. The number of benzene rings is 2. The van der Waals surface area contributed by atoms with Crippen molar-refractivity contribution in [2.45, 2.75) is 45.1 Å². The molecule has 4 rings (SSSR count). The lowest BCUT2D eigenvalue weighted by molar-refractivity contribution is 0.248. The predicted octanol–water partition coefficient (Wildman–Crippen LogP) is 5.24. The maximum Gasteiger partial charge on any atom is 0.320 e. The largest absolute Gasteiger partial charge is 0.331 e. The van der Waals surface area contributed by atoms with E-state index in [0.717, 1.165) is 24.1 Å². The molecule has 2 amide bonds. The average molecular weight is 389 g/mol.